The van der Waals surface area contributed by atoms with Crippen LogP contribution in [0.25, 0.3) is 33.2 Å². The molecule has 0 spiro atoms. The molecule has 0 amide bonds. The van der Waals surface area contributed by atoms with Crippen LogP contribution in [-0.4, -0.2) is 73.5 Å². The van der Waals surface area contributed by atoms with Gasteiger partial charge in [0.15, 0.2) is 0 Å². The Morgan fingerprint density at radius 3 is 2.84 bits per heavy atom. The number of nitrogens with one attached hydrogen (secondary N) is 1. The average Bonchev–Trinajstić information content (AvgIpc) is 3.30. The van der Waals surface area contributed by atoms with Gasteiger partial charge in [0.25, 0.3) is 0 Å². The number of rotatable bonds is 6. The van der Waals surface area contributed by atoms with E-state index in [-0.39, 0.29) is 0 Å². The quantitative estimate of drug-likeness (QED) is 0.515. The first kappa shape index (κ1) is 19.7. The van der Waals surface area contributed by atoms with Crippen LogP contribution in [0.2, 0.25) is 0 Å². The zero-order valence-corrected chi connectivity index (χ0v) is 17.8. The third kappa shape index (κ3) is 3.80. The number of pyridine rings is 1. The summed E-state index contributed by atoms with van der Waals surface area (Å²) in [6.45, 7) is 4.31. The fourth-order valence-corrected chi connectivity index (χ4v) is 3.97. The molecule has 1 aliphatic rings. The van der Waals surface area contributed by atoms with Crippen LogP contribution < -0.4 is 9.80 Å². The highest BCUT2D eigenvalue weighted by atomic mass is 16.5. The number of fused-ring (bicyclic) bond motifs is 2. The van der Waals surface area contributed by atoms with E-state index in [1.54, 1.807) is 7.11 Å². The summed E-state index contributed by atoms with van der Waals surface area (Å²) in [7, 11) is 3.77. The van der Waals surface area contributed by atoms with Crippen LogP contribution in [0.1, 0.15) is 0 Å². The maximum Gasteiger partial charge on any atom is 0.226 e. The Morgan fingerprint density at radius 2 is 2.00 bits per heavy atom. The van der Waals surface area contributed by atoms with Gasteiger partial charge >= 0.3 is 0 Å². The molecule has 0 unspecified atom stereocenters. The lowest BCUT2D eigenvalue weighted by molar-refractivity contribution is 0.122. The zero-order valence-electron chi connectivity index (χ0n) is 17.8. The minimum atomic E-state index is 0.638. The predicted octanol–water partition coefficient (Wildman–Crippen LogP) is 3.09. The first-order valence-corrected chi connectivity index (χ1v) is 10.5. The highest BCUT2D eigenvalue weighted by Gasteiger charge is 2.20. The molecule has 0 atom stereocenters. The third-order valence-electron chi connectivity index (χ3n) is 5.71. The fraction of sp³-hybridized carbons (Fsp3) is 0.348. The van der Waals surface area contributed by atoms with Gasteiger partial charge in [-0.2, -0.15) is 0 Å². The molecule has 4 aromatic rings. The van der Waals surface area contributed by atoms with Crippen molar-refractivity contribution in [2.45, 2.75) is 0 Å². The predicted molar refractivity (Wildman–Crippen MR) is 123 cm³/mol. The highest BCUT2D eigenvalue weighted by molar-refractivity contribution is 5.98. The van der Waals surface area contributed by atoms with Crippen molar-refractivity contribution < 1.29 is 9.47 Å². The number of benzene rings is 1. The van der Waals surface area contributed by atoms with Crippen LogP contribution in [0.3, 0.4) is 0 Å². The minimum absolute atomic E-state index is 0.638. The highest BCUT2D eigenvalue weighted by Crippen LogP contribution is 2.33. The molecule has 1 saturated heterocycles. The van der Waals surface area contributed by atoms with Crippen molar-refractivity contribution in [3.8, 4) is 11.3 Å². The van der Waals surface area contributed by atoms with Gasteiger partial charge in [-0.3, -0.25) is 4.98 Å². The molecule has 0 saturated carbocycles. The topological polar surface area (TPSA) is 79.4 Å². The molecule has 31 heavy (non-hydrogen) atoms. The molecule has 160 valence electrons. The molecule has 5 rings (SSSR count). The van der Waals surface area contributed by atoms with Crippen LogP contribution in [0.4, 0.5) is 11.6 Å². The second-order valence-corrected chi connectivity index (χ2v) is 7.69. The number of morpholine rings is 1. The Labute approximate surface area is 180 Å². The molecule has 1 aromatic carbocycles. The molecule has 8 nitrogen and oxygen atoms in total. The summed E-state index contributed by atoms with van der Waals surface area (Å²) in [5.74, 6) is 0.717. The number of likely N-dealkylation sites (N-methyl/N-ethyl adjacent to an activating group) is 1. The lowest BCUT2D eigenvalue weighted by Crippen LogP contribution is -2.37. The van der Waals surface area contributed by atoms with E-state index < -0.39 is 0 Å². The molecule has 1 aliphatic heterocycles. The standard InChI is InChI=1S/C23H26N6O2/c1-28(9-12-30-2)19-6-8-25-22-20(17-3-4-18-16(15-17)5-7-24-18)26-23(27-21(19)22)29-10-13-31-14-11-29/h3-8,15,24H,9-14H2,1-2H3. The first-order valence-electron chi connectivity index (χ1n) is 10.5. The number of nitrogens with zero attached hydrogens (tertiary/aromatic N) is 5. The summed E-state index contributed by atoms with van der Waals surface area (Å²) in [6, 6.07) is 10.4. The molecule has 0 bridgehead atoms. The van der Waals surface area contributed by atoms with Gasteiger partial charge in [-0.1, -0.05) is 6.07 Å². The van der Waals surface area contributed by atoms with Gasteiger partial charge in [0, 0.05) is 62.7 Å². The van der Waals surface area contributed by atoms with E-state index in [1.807, 2.05) is 18.5 Å². The van der Waals surface area contributed by atoms with E-state index in [0.29, 0.717) is 25.8 Å². The van der Waals surface area contributed by atoms with Crippen molar-refractivity contribution in [3.05, 3.63) is 42.7 Å². The molecule has 8 heteroatoms. The SMILES string of the molecule is COCCN(C)c1ccnc2c(-c3ccc4[nH]ccc4c3)nc(N3CCOCC3)nc12. The van der Waals surface area contributed by atoms with E-state index in [1.165, 1.54) is 0 Å². The van der Waals surface area contributed by atoms with E-state index in [9.17, 15) is 0 Å². The number of ether oxygens (including phenoxy) is 2. The van der Waals surface area contributed by atoms with Crippen LogP contribution in [0.5, 0.6) is 0 Å². The molecular weight excluding hydrogens is 392 g/mol. The lowest BCUT2D eigenvalue weighted by Gasteiger charge is -2.28. The second-order valence-electron chi connectivity index (χ2n) is 7.69. The molecule has 4 heterocycles. The van der Waals surface area contributed by atoms with Crippen molar-refractivity contribution in [1.29, 1.82) is 0 Å². The van der Waals surface area contributed by atoms with Gasteiger partial charge in [-0.05, 0) is 24.3 Å². The number of hydrogen-bond acceptors (Lipinski definition) is 7. The number of anilines is 2. The zero-order chi connectivity index (χ0) is 21.2. The minimum Gasteiger partial charge on any atom is -0.383 e. The number of aromatic amines is 1. The summed E-state index contributed by atoms with van der Waals surface area (Å²) in [6.07, 6.45) is 3.78. The van der Waals surface area contributed by atoms with Crippen LogP contribution in [0.15, 0.2) is 42.7 Å². The average molecular weight is 419 g/mol. The van der Waals surface area contributed by atoms with Gasteiger partial charge in [0.2, 0.25) is 5.95 Å². The maximum atomic E-state index is 5.53. The third-order valence-corrected chi connectivity index (χ3v) is 5.71. The van der Waals surface area contributed by atoms with Crippen molar-refractivity contribution in [2.24, 2.45) is 0 Å². The summed E-state index contributed by atoms with van der Waals surface area (Å²) >= 11 is 0. The summed E-state index contributed by atoms with van der Waals surface area (Å²) in [5, 5.41) is 1.14. The number of H-pyrrole nitrogens is 1. The fourth-order valence-electron chi connectivity index (χ4n) is 3.97. The molecule has 0 radical (unpaired) electrons. The molecule has 3 aromatic heterocycles. The molecule has 1 N–H and O–H groups in total. The first-order chi connectivity index (χ1) is 15.2. The smallest absolute Gasteiger partial charge is 0.226 e. The number of hydrogen-bond donors (Lipinski definition) is 1. The van der Waals surface area contributed by atoms with E-state index in [2.05, 4.69) is 46.1 Å². The van der Waals surface area contributed by atoms with Gasteiger partial charge < -0.3 is 24.3 Å². The summed E-state index contributed by atoms with van der Waals surface area (Å²) in [4.78, 5) is 22.3. The largest absolute Gasteiger partial charge is 0.383 e. The second kappa shape index (κ2) is 8.49. The van der Waals surface area contributed by atoms with Crippen LogP contribution in [-0.2, 0) is 9.47 Å². The van der Waals surface area contributed by atoms with Crippen LogP contribution >= 0.6 is 0 Å². The van der Waals surface area contributed by atoms with Crippen molar-refractivity contribution in [1.82, 2.24) is 19.9 Å². The molecule has 0 aliphatic carbocycles. The number of methoxy groups -OCH3 is 1. The monoisotopic (exact) mass is 418 g/mol. The Kier molecular flexibility index (Phi) is 5.40. The Bertz CT molecular complexity index is 1200. The van der Waals surface area contributed by atoms with Gasteiger partial charge in [-0.15, -0.1) is 0 Å². The summed E-state index contributed by atoms with van der Waals surface area (Å²) < 4.78 is 10.8. The van der Waals surface area contributed by atoms with Crippen molar-refractivity contribution in [3.63, 3.8) is 0 Å². The van der Waals surface area contributed by atoms with E-state index in [4.69, 9.17) is 24.4 Å². The van der Waals surface area contributed by atoms with Crippen molar-refractivity contribution >= 4 is 33.6 Å². The van der Waals surface area contributed by atoms with E-state index >= 15 is 0 Å². The van der Waals surface area contributed by atoms with Gasteiger partial charge in [0.05, 0.1) is 25.5 Å². The Morgan fingerprint density at radius 1 is 1.13 bits per heavy atom. The number of aromatic nitrogens is 4. The Hall–Kier alpha value is -3.23. The lowest BCUT2D eigenvalue weighted by atomic mass is 10.1. The summed E-state index contributed by atoms with van der Waals surface area (Å²) in [5.41, 5.74) is 5.64. The maximum absolute atomic E-state index is 5.53. The Balaban J connectivity index is 1.70. The molecule has 1 fully saturated rings. The molecular formula is C23H26N6O2. The van der Waals surface area contributed by atoms with Crippen molar-refractivity contribution in [2.75, 3.05) is 63.4 Å². The van der Waals surface area contributed by atoms with E-state index in [0.717, 1.165) is 58.5 Å². The van der Waals surface area contributed by atoms with Gasteiger partial charge in [0.1, 0.15) is 16.7 Å². The van der Waals surface area contributed by atoms with Crippen LogP contribution in [0, 0.1) is 0 Å². The normalized spacial score (nSPS) is 14.5. The van der Waals surface area contributed by atoms with Gasteiger partial charge in [-0.25, -0.2) is 9.97 Å².